The molecule has 0 radical (unpaired) electrons. The summed E-state index contributed by atoms with van der Waals surface area (Å²) in [4.78, 5) is 9.40. The van der Waals surface area contributed by atoms with E-state index in [0.29, 0.717) is 0 Å². The molecule has 0 bridgehead atoms. The van der Waals surface area contributed by atoms with Gasteiger partial charge in [0, 0.05) is 45.4 Å². The molecule has 0 saturated carbocycles. The van der Waals surface area contributed by atoms with Crippen LogP contribution < -0.4 is 5.32 Å². The highest BCUT2D eigenvalue weighted by atomic mass is 127. The quantitative estimate of drug-likeness (QED) is 0.371. The van der Waals surface area contributed by atoms with Gasteiger partial charge in [-0.3, -0.25) is 4.99 Å². The van der Waals surface area contributed by atoms with Crippen LogP contribution in [0.5, 0.6) is 0 Å². The fourth-order valence-corrected chi connectivity index (χ4v) is 4.43. The molecule has 6 heteroatoms. The van der Waals surface area contributed by atoms with E-state index in [9.17, 15) is 0 Å². The molecular weight excluding hydrogens is 427 g/mol. The predicted octanol–water partition coefficient (Wildman–Crippen LogP) is 3.05. The molecule has 2 heterocycles. The van der Waals surface area contributed by atoms with E-state index in [4.69, 9.17) is 4.74 Å². The number of hydrogen-bond acceptors (Lipinski definition) is 3. The van der Waals surface area contributed by atoms with Crippen LogP contribution in [-0.2, 0) is 4.74 Å². The highest BCUT2D eigenvalue weighted by Crippen LogP contribution is 2.29. The Kier molecular flexibility index (Phi) is 10.0. The molecule has 0 aromatic heterocycles. The maximum Gasteiger partial charge on any atom is 0.193 e. The van der Waals surface area contributed by atoms with Crippen LogP contribution in [-0.4, -0.2) is 75.3 Å². The fraction of sp³-hybridized carbons (Fsp3) is 0.947. The van der Waals surface area contributed by atoms with Crippen LogP contribution >= 0.6 is 24.0 Å². The van der Waals surface area contributed by atoms with Crippen molar-refractivity contribution in [3.63, 3.8) is 0 Å². The second kappa shape index (κ2) is 10.9. The molecule has 2 aliphatic rings. The molecule has 2 saturated heterocycles. The lowest BCUT2D eigenvalue weighted by atomic mass is 9.87. The van der Waals surface area contributed by atoms with Crippen LogP contribution in [0.4, 0.5) is 0 Å². The van der Waals surface area contributed by atoms with Gasteiger partial charge in [0.2, 0.25) is 0 Å². The maximum atomic E-state index is 5.58. The summed E-state index contributed by atoms with van der Waals surface area (Å²) < 4.78 is 5.58. The molecule has 0 aliphatic carbocycles. The summed E-state index contributed by atoms with van der Waals surface area (Å²) in [6.45, 7) is 9.62. The Hall–Kier alpha value is -0.0800. The van der Waals surface area contributed by atoms with Crippen molar-refractivity contribution in [1.82, 2.24) is 15.1 Å². The van der Waals surface area contributed by atoms with Crippen molar-refractivity contribution >= 4 is 29.9 Å². The van der Waals surface area contributed by atoms with Crippen molar-refractivity contribution < 1.29 is 4.74 Å². The van der Waals surface area contributed by atoms with Gasteiger partial charge in [0.05, 0.1) is 0 Å². The van der Waals surface area contributed by atoms with Gasteiger partial charge >= 0.3 is 0 Å². The molecular formula is C19H39IN4O. The minimum absolute atomic E-state index is 0. The van der Waals surface area contributed by atoms with E-state index in [-0.39, 0.29) is 29.5 Å². The van der Waals surface area contributed by atoms with E-state index in [2.05, 4.69) is 48.1 Å². The van der Waals surface area contributed by atoms with Crippen molar-refractivity contribution in [2.45, 2.75) is 51.5 Å². The average Bonchev–Trinajstić information content (AvgIpc) is 3.07. The van der Waals surface area contributed by atoms with Crippen LogP contribution in [0, 0.1) is 11.8 Å². The lowest BCUT2D eigenvalue weighted by molar-refractivity contribution is -0.00522. The van der Waals surface area contributed by atoms with E-state index < -0.39 is 0 Å². The second-order valence-corrected chi connectivity index (χ2v) is 7.70. The van der Waals surface area contributed by atoms with Crippen LogP contribution in [0.1, 0.15) is 46.0 Å². The van der Waals surface area contributed by atoms with Gasteiger partial charge in [-0.1, -0.05) is 26.7 Å². The smallest absolute Gasteiger partial charge is 0.193 e. The summed E-state index contributed by atoms with van der Waals surface area (Å²) in [7, 11) is 6.29. The zero-order chi connectivity index (χ0) is 17.6. The Balaban J connectivity index is 0.00000312. The number of likely N-dealkylation sites (tertiary alicyclic amines) is 1. The molecule has 2 rings (SSSR count). The minimum Gasteiger partial charge on any atom is -0.381 e. The van der Waals surface area contributed by atoms with E-state index in [1.165, 1.54) is 19.3 Å². The number of rotatable bonds is 6. The van der Waals surface area contributed by atoms with Crippen LogP contribution in [0.3, 0.4) is 0 Å². The molecule has 0 amide bonds. The predicted molar refractivity (Wildman–Crippen MR) is 117 cm³/mol. The Labute approximate surface area is 172 Å². The van der Waals surface area contributed by atoms with Gasteiger partial charge in [-0.15, -0.1) is 24.0 Å². The SMILES string of the molecule is CCC(CC)C1CCN(C(=NC)NCC2(N(C)C)CCOCC2)C1.I. The number of likely N-dealkylation sites (N-methyl/N-ethyl adjacent to an activating group) is 1. The fourth-order valence-electron chi connectivity index (χ4n) is 4.43. The number of hydrogen-bond donors (Lipinski definition) is 1. The summed E-state index contributed by atoms with van der Waals surface area (Å²) in [6.07, 6.45) is 6.07. The van der Waals surface area contributed by atoms with Crippen molar-refractivity contribution in [2.24, 2.45) is 16.8 Å². The van der Waals surface area contributed by atoms with E-state index >= 15 is 0 Å². The number of nitrogens with one attached hydrogen (secondary N) is 1. The summed E-state index contributed by atoms with van der Waals surface area (Å²) in [5.74, 6) is 2.76. The molecule has 1 atom stereocenters. The number of nitrogens with zero attached hydrogens (tertiary/aromatic N) is 3. The van der Waals surface area contributed by atoms with E-state index in [0.717, 1.165) is 63.5 Å². The third kappa shape index (κ3) is 5.70. The molecule has 148 valence electrons. The first-order valence-electron chi connectivity index (χ1n) is 9.77. The molecule has 1 N–H and O–H groups in total. The standard InChI is InChI=1S/C19H38N4O.HI/c1-6-16(7-2)17-8-11-23(14-17)18(20-3)21-15-19(22(4)5)9-12-24-13-10-19;/h16-17H,6-15H2,1-5H3,(H,20,21);1H. The summed E-state index contributed by atoms with van der Waals surface area (Å²) in [5, 5.41) is 3.68. The third-order valence-corrected chi connectivity index (χ3v) is 6.40. The van der Waals surface area contributed by atoms with Crippen molar-refractivity contribution in [2.75, 3.05) is 54.0 Å². The second-order valence-electron chi connectivity index (χ2n) is 7.70. The van der Waals surface area contributed by atoms with Crippen molar-refractivity contribution in [1.29, 1.82) is 0 Å². The maximum absolute atomic E-state index is 5.58. The van der Waals surface area contributed by atoms with Crippen LogP contribution in [0.2, 0.25) is 0 Å². The van der Waals surface area contributed by atoms with Crippen LogP contribution in [0.25, 0.3) is 0 Å². The normalized spacial score (nSPS) is 23.9. The first-order valence-corrected chi connectivity index (χ1v) is 9.77. The molecule has 2 aliphatic heterocycles. The van der Waals surface area contributed by atoms with Gasteiger partial charge in [-0.2, -0.15) is 0 Å². The highest BCUT2D eigenvalue weighted by Gasteiger charge is 2.36. The number of ether oxygens (including phenoxy) is 1. The molecule has 2 fully saturated rings. The third-order valence-electron chi connectivity index (χ3n) is 6.40. The largest absolute Gasteiger partial charge is 0.381 e. The first-order chi connectivity index (χ1) is 11.6. The Morgan fingerprint density at radius 1 is 1.28 bits per heavy atom. The van der Waals surface area contributed by atoms with Gasteiger partial charge in [-0.05, 0) is 45.2 Å². The van der Waals surface area contributed by atoms with Gasteiger partial charge < -0.3 is 19.9 Å². The van der Waals surface area contributed by atoms with Gasteiger partial charge in [0.15, 0.2) is 5.96 Å². The monoisotopic (exact) mass is 466 g/mol. The summed E-state index contributed by atoms with van der Waals surface area (Å²) in [5.41, 5.74) is 0.183. The lowest BCUT2D eigenvalue weighted by Gasteiger charge is -2.43. The minimum atomic E-state index is 0. The number of halogens is 1. The van der Waals surface area contributed by atoms with E-state index in [1.807, 2.05) is 7.05 Å². The zero-order valence-corrected chi connectivity index (χ0v) is 19.2. The van der Waals surface area contributed by atoms with Crippen molar-refractivity contribution in [3.05, 3.63) is 0 Å². The molecule has 25 heavy (non-hydrogen) atoms. The molecule has 1 unspecified atom stereocenters. The number of aliphatic imine (C=N–C) groups is 1. The Morgan fingerprint density at radius 3 is 2.44 bits per heavy atom. The highest BCUT2D eigenvalue weighted by molar-refractivity contribution is 14.0. The molecule has 0 aromatic rings. The number of guanidine groups is 1. The van der Waals surface area contributed by atoms with E-state index in [1.54, 1.807) is 0 Å². The first kappa shape index (κ1) is 23.0. The molecule has 0 spiro atoms. The van der Waals surface area contributed by atoms with Crippen LogP contribution in [0.15, 0.2) is 4.99 Å². The Morgan fingerprint density at radius 2 is 1.92 bits per heavy atom. The Bertz CT molecular complexity index is 406. The lowest BCUT2D eigenvalue weighted by Crippen LogP contribution is -2.57. The summed E-state index contributed by atoms with van der Waals surface area (Å²) in [6, 6.07) is 0. The molecule has 5 nitrogen and oxygen atoms in total. The van der Waals surface area contributed by atoms with Gasteiger partial charge in [0.1, 0.15) is 0 Å². The molecule has 0 aromatic carbocycles. The zero-order valence-electron chi connectivity index (χ0n) is 16.9. The topological polar surface area (TPSA) is 40.1 Å². The van der Waals surface area contributed by atoms with Gasteiger partial charge in [0.25, 0.3) is 0 Å². The van der Waals surface area contributed by atoms with Gasteiger partial charge in [-0.25, -0.2) is 0 Å². The summed E-state index contributed by atoms with van der Waals surface area (Å²) >= 11 is 0. The van der Waals surface area contributed by atoms with Crippen molar-refractivity contribution in [3.8, 4) is 0 Å². The average molecular weight is 466 g/mol.